The second-order valence-electron chi connectivity index (χ2n) is 2.72. The number of benzene rings is 1. The third-order valence-corrected chi connectivity index (χ3v) is 3.43. The standard InChI is InChI=1S/C8H10N8S2/c9-13-7(14-10)17-5-1-2-6(4-3-5)18-8(15-11)16-12/h1-4,9,11H,10,12H2. The van der Waals surface area contributed by atoms with Gasteiger partial charge in [0.15, 0.2) is 0 Å². The number of nitrogens with two attached hydrogens (primary N) is 2. The number of thioether (sulfide) groups is 2. The minimum absolute atomic E-state index is 0.167. The van der Waals surface area contributed by atoms with Gasteiger partial charge in [0.1, 0.15) is 0 Å². The van der Waals surface area contributed by atoms with E-state index in [1.807, 2.05) is 0 Å². The summed E-state index contributed by atoms with van der Waals surface area (Å²) in [5, 5.41) is 13.3. The highest BCUT2D eigenvalue weighted by atomic mass is 32.2. The Morgan fingerprint density at radius 2 is 1.17 bits per heavy atom. The van der Waals surface area contributed by atoms with E-state index in [2.05, 4.69) is 20.4 Å². The first-order chi connectivity index (χ1) is 8.73. The molecule has 6 N–H and O–H groups in total. The van der Waals surface area contributed by atoms with Gasteiger partial charge in [-0.15, -0.1) is 10.2 Å². The average Bonchev–Trinajstić information content (AvgIpc) is 2.43. The van der Waals surface area contributed by atoms with Gasteiger partial charge in [-0.25, -0.2) is 11.1 Å². The molecule has 1 aromatic rings. The van der Waals surface area contributed by atoms with Crippen LogP contribution in [0.25, 0.3) is 0 Å². The molecule has 94 valence electrons. The fourth-order valence-electron chi connectivity index (χ4n) is 0.943. The Morgan fingerprint density at radius 1 is 0.833 bits per heavy atom. The third-order valence-electron chi connectivity index (χ3n) is 1.65. The minimum Gasteiger partial charge on any atom is -0.321 e. The summed E-state index contributed by atoms with van der Waals surface area (Å²) in [6.45, 7) is 0. The van der Waals surface area contributed by atoms with Gasteiger partial charge < -0.3 is 11.7 Å². The van der Waals surface area contributed by atoms with Crippen molar-refractivity contribution in [2.45, 2.75) is 9.79 Å². The lowest BCUT2D eigenvalue weighted by Gasteiger charge is -2.01. The number of rotatable bonds is 2. The predicted octanol–water partition coefficient (Wildman–Crippen LogP) is 2.39. The lowest BCUT2D eigenvalue weighted by molar-refractivity contribution is 1.16. The first-order valence-electron chi connectivity index (χ1n) is 4.50. The summed E-state index contributed by atoms with van der Waals surface area (Å²) in [5.41, 5.74) is 13.6. The maximum absolute atomic E-state index is 6.82. The fourth-order valence-corrected chi connectivity index (χ4v) is 2.11. The molecule has 18 heavy (non-hydrogen) atoms. The van der Waals surface area contributed by atoms with Crippen molar-refractivity contribution in [2.24, 2.45) is 32.1 Å². The van der Waals surface area contributed by atoms with Crippen LogP contribution in [0.5, 0.6) is 0 Å². The summed E-state index contributed by atoms with van der Waals surface area (Å²) < 4.78 is 0. The van der Waals surface area contributed by atoms with Gasteiger partial charge in [-0.3, -0.25) is 0 Å². The molecule has 0 saturated carbocycles. The Morgan fingerprint density at radius 3 is 1.39 bits per heavy atom. The highest BCUT2D eigenvalue weighted by Crippen LogP contribution is 2.25. The quantitative estimate of drug-likeness (QED) is 0.164. The maximum atomic E-state index is 6.82. The molecule has 0 radical (unpaired) electrons. The van der Waals surface area contributed by atoms with Gasteiger partial charge >= 0.3 is 0 Å². The van der Waals surface area contributed by atoms with E-state index in [9.17, 15) is 0 Å². The van der Waals surface area contributed by atoms with Crippen LogP contribution in [0, 0.1) is 11.1 Å². The summed E-state index contributed by atoms with van der Waals surface area (Å²) in [7, 11) is 0. The monoisotopic (exact) mass is 282 g/mol. The van der Waals surface area contributed by atoms with Crippen molar-refractivity contribution in [3.05, 3.63) is 24.3 Å². The van der Waals surface area contributed by atoms with Gasteiger partial charge in [0.25, 0.3) is 0 Å². The van der Waals surface area contributed by atoms with Crippen LogP contribution in [-0.2, 0) is 0 Å². The Hall–Kier alpha value is -1.94. The van der Waals surface area contributed by atoms with Crippen molar-refractivity contribution in [2.75, 3.05) is 0 Å². The lowest BCUT2D eigenvalue weighted by atomic mass is 10.4. The summed E-state index contributed by atoms with van der Waals surface area (Å²) in [4.78, 5) is 1.68. The summed E-state index contributed by atoms with van der Waals surface area (Å²) in [5.74, 6) is 10.1. The largest absolute Gasteiger partial charge is 0.321 e. The second-order valence-corrected chi connectivity index (χ2v) is 4.80. The van der Waals surface area contributed by atoms with Crippen molar-refractivity contribution in [1.29, 1.82) is 11.1 Å². The van der Waals surface area contributed by atoms with E-state index < -0.39 is 0 Å². The SMILES string of the molecule is N=NC(=NN)Sc1ccc(SC(N=N)=NN)cc1. The van der Waals surface area contributed by atoms with Crippen LogP contribution in [0.1, 0.15) is 0 Å². The number of nitrogens with one attached hydrogen (secondary N) is 2. The average molecular weight is 282 g/mol. The van der Waals surface area contributed by atoms with Crippen LogP contribution in [0.2, 0.25) is 0 Å². The van der Waals surface area contributed by atoms with E-state index in [1.165, 1.54) is 23.5 Å². The molecule has 0 heterocycles. The van der Waals surface area contributed by atoms with Crippen LogP contribution in [0.4, 0.5) is 0 Å². The van der Waals surface area contributed by atoms with E-state index in [-0.39, 0.29) is 10.3 Å². The summed E-state index contributed by atoms with van der Waals surface area (Å²) in [6, 6.07) is 7.23. The molecule has 0 aromatic heterocycles. The Bertz CT molecular complexity index is 435. The Labute approximate surface area is 111 Å². The van der Waals surface area contributed by atoms with E-state index in [4.69, 9.17) is 22.7 Å². The molecular weight excluding hydrogens is 272 g/mol. The van der Waals surface area contributed by atoms with Crippen LogP contribution >= 0.6 is 23.5 Å². The van der Waals surface area contributed by atoms with E-state index in [1.54, 1.807) is 24.3 Å². The molecule has 0 spiro atoms. The second kappa shape index (κ2) is 7.40. The van der Waals surface area contributed by atoms with E-state index in [0.29, 0.717) is 0 Å². The van der Waals surface area contributed by atoms with Crippen molar-refractivity contribution >= 4 is 33.9 Å². The highest BCUT2D eigenvalue weighted by Gasteiger charge is 2.03. The topological polar surface area (TPSA) is 149 Å². The van der Waals surface area contributed by atoms with Gasteiger partial charge in [-0.1, -0.05) is 0 Å². The zero-order chi connectivity index (χ0) is 13.4. The number of amidine groups is 2. The zero-order valence-electron chi connectivity index (χ0n) is 9.07. The van der Waals surface area contributed by atoms with Crippen LogP contribution < -0.4 is 11.7 Å². The lowest BCUT2D eigenvalue weighted by Crippen LogP contribution is -1.92. The first-order valence-corrected chi connectivity index (χ1v) is 6.13. The number of nitrogens with zero attached hydrogens (tertiary/aromatic N) is 4. The normalized spacial score (nSPS) is 12.2. The van der Waals surface area contributed by atoms with Gasteiger partial charge in [0.05, 0.1) is 0 Å². The highest BCUT2D eigenvalue weighted by molar-refractivity contribution is 8.14. The molecule has 0 bridgehead atoms. The van der Waals surface area contributed by atoms with Crippen molar-refractivity contribution in [1.82, 2.24) is 0 Å². The van der Waals surface area contributed by atoms with Crippen molar-refractivity contribution in [3.63, 3.8) is 0 Å². The molecule has 0 fully saturated rings. The molecule has 1 aromatic carbocycles. The molecule has 8 nitrogen and oxygen atoms in total. The first kappa shape index (κ1) is 14.1. The van der Waals surface area contributed by atoms with Crippen LogP contribution in [0.15, 0.2) is 54.5 Å². The number of hydrogen-bond donors (Lipinski definition) is 4. The molecule has 0 aliphatic rings. The summed E-state index contributed by atoms with van der Waals surface area (Å²) >= 11 is 2.35. The predicted molar refractivity (Wildman–Crippen MR) is 71.7 cm³/mol. The molecule has 0 amide bonds. The van der Waals surface area contributed by atoms with Gasteiger partial charge in [-0.05, 0) is 47.8 Å². The van der Waals surface area contributed by atoms with Crippen molar-refractivity contribution < 1.29 is 0 Å². The maximum Gasteiger partial charge on any atom is 0.230 e. The van der Waals surface area contributed by atoms with Gasteiger partial charge in [0, 0.05) is 9.79 Å². The minimum atomic E-state index is 0.167. The summed E-state index contributed by atoms with van der Waals surface area (Å²) in [6.07, 6.45) is 0. The third kappa shape index (κ3) is 4.14. The molecule has 10 heteroatoms. The molecule has 0 saturated heterocycles. The molecular formula is C8H10N8S2. The molecule has 0 aliphatic heterocycles. The molecule has 1 rings (SSSR count). The van der Waals surface area contributed by atoms with Crippen LogP contribution in [0.3, 0.4) is 0 Å². The zero-order valence-corrected chi connectivity index (χ0v) is 10.7. The Kier molecular flexibility index (Phi) is 5.80. The molecule has 0 unspecified atom stereocenters. The molecule has 0 aliphatic carbocycles. The fraction of sp³-hybridized carbons (Fsp3) is 0. The smallest absolute Gasteiger partial charge is 0.230 e. The number of hydrogen-bond acceptors (Lipinski definition) is 8. The Balaban J connectivity index is 2.74. The van der Waals surface area contributed by atoms with Gasteiger partial charge in [-0.2, -0.15) is 10.2 Å². The van der Waals surface area contributed by atoms with Gasteiger partial charge in [0.2, 0.25) is 10.3 Å². The van der Waals surface area contributed by atoms with Crippen LogP contribution in [-0.4, -0.2) is 10.3 Å². The van der Waals surface area contributed by atoms with Crippen molar-refractivity contribution in [3.8, 4) is 0 Å². The van der Waals surface area contributed by atoms with E-state index in [0.717, 1.165) is 9.79 Å². The van der Waals surface area contributed by atoms with E-state index >= 15 is 0 Å². The number of hydrazone groups is 2. The molecule has 0 atom stereocenters.